The number of amides is 3. The Morgan fingerprint density at radius 2 is 1.45 bits per heavy atom. The first kappa shape index (κ1) is 39.3. The number of carbonyl (C=O) groups is 4. The fraction of sp³-hybridized carbons (Fsp3) is 0.579. The maximum atomic E-state index is 14.6. The van der Waals surface area contributed by atoms with Gasteiger partial charge in [0.15, 0.2) is 0 Å². The van der Waals surface area contributed by atoms with Gasteiger partial charge >= 0.3 is 12.1 Å². The van der Waals surface area contributed by atoms with Crippen molar-refractivity contribution in [2.75, 3.05) is 6.54 Å². The van der Waals surface area contributed by atoms with E-state index in [0.717, 1.165) is 29.5 Å². The number of benzene rings is 2. The van der Waals surface area contributed by atoms with Crippen LogP contribution in [0.5, 0.6) is 0 Å². The lowest BCUT2D eigenvalue weighted by molar-refractivity contribution is -0.159. The number of esters is 1. The zero-order chi connectivity index (χ0) is 35.5. The Kier molecular flexibility index (Phi) is 14.5. The molecule has 3 unspecified atom stereocenters. The summed E-state index contributed by atoms with van der Waals surface area (Å²) in [6.07, 6.45) is 1.89. The highest BCUT2D eigenvalue weighted by Gasteiger charge is 2.39. The van der Waals surface area contributed by atoms with Gasteiger partial charge in [0.05, 0.1) is 0 Å². The predicted octanol–water partition coefficient (Wildman–Crippen LogP) is 6.98. The summed E-state index contributed by atoms with van der Waals surface area (Å²) in [5.41, 5.74) is 1.80. The Balaban J connectivity index is 2.66. The van der Waals surface area contributed by atoms with E-state index in [1.807, 2.05) is 76.2 Å². The van der Waals surface area contributed by atoms with E-state index in [9.17, 15) is 19.2 Å². The predicted molar refractivity (Wildman–Crippen MR) is 186 cm³/mol. The van der Waals surface area contributed by atoms with Crippen molar-refractivity contribution in [2.45, 2.75) is 131 Å². The molecule has 0 bridgehead atoms. The van der Waals surface area contributed by atoms with Crippen LogP contribution in [0.25, 0.3) is 0 Å². The van der Waals surface area contributed by atoms with Gasteiger partial charge in [-0.15, -0.1) is 0 Å². The lowest BCUT2D eigenvalue weighted by Crippen LogP contribution is -2.56. The molecule has 0 aromatic heterocycles. The highest BCUT2D eigenvalue weighted by Crippen LogP contribution is 2.28. The Morgan fingerprint density at radius 3 is 1.98 bits per heavy atom. The monoisotopic (exact) mass is 651 g/mol. The number of nitrogens with zero attached hydrogens (tertiary/aromatic N) is 1. The third kappa shape index (κ3) is 13.0. The summed E-state index contributed by atoms with van der Waals surface area (Å²) in [6.45, 7) is 20.5. The number of nitrogens with one attached hydrogen (secondary N) is 2. The van der Waals surface area contributed by atoms with Crippen LogP contribution in [0.4, 0.5) is 4.79 Å². The van der Waals surface area contributed by atoms with Crippen molar-refractivity contribution in [2.24, 2.45) is 5.92 Å². The summed E-state index contributed by atoms with van der Waals surface area (Å²) >= 11 is 0. The van der Waals surface area contributed by atoms with Crippen molar-refractivity contribution in [1.82, 2.24) is 15.5 Å². The average Bonchev–Trinajstić information content (AvgIpc) is 2.94. The molecule has 0 fully saturated rings. The molecule has 0 saturated heterocycles. The van der Waals surface area contributed by atoms with Gasteiger partial charge in [0, 0.05) is 13.0 Å². The zero-order valence-corrected chi connectivity index (χ0v) is 30.4. The summed E-state index contributed by atoms with van der Waals surface area (Å²) < 4.78 is 11.2. The number of carbonyl (C=O) groups excluding carboxylic acids is 4. The Labute approximate surface area is 282 Å². The van der Waals surface area contributed by atoms with E-state index in [1.54, 1.807) is 46.4 Å². The number of hydrogen-bond acceptors (Lipinski definition) is 6. The molecule has 0 aliphatic heterocycles. The second-order valence-electron chi connectivity index (χ2n) is 14.7. The molecule has 9 nitrogen and oxygen atoms in total. The fourth-order valence-electron chi connectivity index (χ4n) is 5.28. The standard InChI is InChI=1S/C38H57N3O6/c1-12-13-17-22-41(34(43)31(25(2)3)40-36(45)47-38(9,10)11)32(29-21-20-26(4)23-27(29)5)33(42)39-30(35(44)46-37(6,7)8)24-28-18-15-14-16-19-28/h14-16,18-21,23,25,30-32H,12-13,17,22,24H2,1-11H3,(H,39,42)(H,40,45). The van der Waals surface area contributed by atoms with Crippen molar-refractivity contribution in [3.05, 3.63) is 70.8 Å². The van der Waals surface area contributed by atoms with Crippen LogP contribution in [0.3, 0.4) is 0 Å². The highest BCUT2D eigenvalue weighted by atomic mass is 16.6. The number of hydrogen-bond donors (Lipinski definition) is 2. The molecule has 0 aliphatic carbocycles. The summed E-state index contributed by atoms with van der Waals surface area (Å²) in [6, 6.07) is 12.1. The molecule has 2 rings (SSSR count). The van der Waals surface area contributed by atoms with Crippen LogP contribution in [0, 0.1) is 19.8 Å². The first-order chi connectivity index (χ1) is 21.8. The van der Waals surface area contributed by atoms with Gasteiger partial charge in [0.1, 0.15) is 29.3 Å². The molecule has 2 N–H and O–H groups in total. The van der Waals surface area contributed by atoms with Crippen LogP contribution in [-0.4, -0.2) is 58.6 Å². The second kappa shape index (κ2) is 17.3. The summed E-state index contributed by atoms with van der Waals surface area (Å²) in [4.78, 5) is 57.2. The average molecular weight is 652 g/mol. The Bertz CT molecular complexity index is 1340. The van der Waals surface area contributed by atoms with Crippen LogP contribution >= 0.6 is 0 Å². The minimum absolute atomic E-state index is 0.208. The van der Waals surface area contributed by atoms with Gasteiger partial charge in [-0.3, -0.25) is 9.59 Å². The molecule has 0 saturated carbocycles. The molecule has 2 aromatic carbocycles. The van der Waals surface area contributed by atoms with Gasteiger partial charge in [-0.05, 0) is 84.4 Å². The molecule has 47 heavy (non-hydrogen) atoms. The summed E-state index contributed by atoms with van der Waals surface area (Å²) in [5, 5.41) is 5.75. The van der Waals surface area contributed by atoms with Crippen LogP contribution < -0.4 is 10.6 Å². The maximum Gasteiger partial charge on any atom is 0.408 e. The van der Waals surface area contributed by atoms with Crippen molar-refractivity contribution in [3.63, 3.8) is 0 Å². The van der Waals surface area contributed by atoms with E-state index in [0.29, 0.717) is 12.0 Å². The number of ether oxygens (including phenoxy) is 2. The second-order valence-corrected chi connectivity index (χ2v) is 14.7. The lowest BCUT2D eigenvalue weighted by Gasteiger charge is -2.37. The molecule has 260 valence electrons. The maximum absolute atomic E-state index is 14.6. The van der Waals surface area contributed by atoms with E-state index in [1.165, 1.54) is 0 Å². The molecule has 3 atom stereocenters. The number of unbranched alkanes of at least 4 members (excludes halogenated alkanes) is 2. The molecule has 0 radical (unpaired) electrons. The molecular weight excluding hydrogens is 594 g/mol. The first-order valence-electron chi connectivity index (χ1n) is 16.8. The molecule has 9 heteroatoms. The Morgan fingerprint density at radius 1 is 0.830 bits per heavy atom. The van der Waals surface area contributed by atoms with Gasteiger partial charge in [-0.25, -0.2) is 9.59 Å². The largest absolute Gasteiger partial charge is 0.458 e. The SMILES string of the molecule is CCCCCN(C(=O)C(NC(=O)OC(C)(C)C)C(C)C)C(C(=O)NC(Cc1ccccc1)C(=O)OC(C)(C)C)c1ccc(C)cc1C. The van der Waals surface area contributed by atoms with Gasteiger partial charge in [0.2, 0.25) is 11.8 Å². The molecule has 0 spiro atoms. The van der Waals surface area contributed by atoms with Crippen molar-refractivity contribution in [1.29, 1.82) is 0 Å². The number of rotatable bonds is 14. The van der Waals surface area contributed by atoms with E-state index < -0.39 is 53.2 Å². The third-order valence-corrected chi connectivity index (χ3v) is 7.46. The van der Waals surface area contributed by atoms with Crippen LogP contribution in [-0.2, 0) is 30.3 Å². The fourth-order valence-corrected chi connectivity index (χ4v) is 5.28. The first-order valence-corrected chi connectivity index (χ1v) is 16.8. The van der Waals surface area contributed by atoms with Crippen molar-refractivity contribution >= 4 is 23.9 Å². The van der Waals surface area contributed by atoms with E-state index >= 15 is 0 Å². The molecule has 0 heterocycles. The topological polar surface area (TPSA) is 114 Å². The van der Waals surface area contributed by atoms with E-state index in [4.69, 9.17) is 9.47 Å². The van der Waals surface area contributed by atoms with Gasteiger partial charge < -0.3 is 25.0 Å². The zero-order valence-electron chi connectivity index (χ0n) is 30.4. The molecule has 3 amide bonds. The van der Waals surface area contributed by atoms with Crippen LogP contribution in [0.15, 0.2) is 48.5 Å². The van der Waals surface area contributed by atoms with Crippen LogP contribution in [0.2, 0.25) is 0 Å². The van der Waals surface area contributed by atoms with Gasteiger partial charge in [0.25, 0.3) is 0 Å². The smallest absolute Gasteiger partial charge is 0.408 e. The van der Waals surface area contributed by atoms with Crippen molar-refractivity contribution in [3.8, 4) is 0 Å². The van der Waals surface area contributed by atoms with Gasteiger partial charge in [-0.2, -0.15) is 0 Å². The van der Waals surface area contributed by atoms with Crippen molar-refractivity contribution < 1.29 is 28.7 Å². The quantitative estimate of drug-likeness (QED) is 0.168. The van der Waals surface area contributed by atoms with E-state index in [-0.39, 0.29) is 18.9 Å². The third-order valence-electron chi connectivity index (χ3n) is 7.46. The molecule has 2 aromatic rings. The molecule has 0 aliphatic rings. The molecular formula is C38H57N3O6. The normalized spacial score (nSPS) is 13.7. The Hall–Kier alpha value is -3.88. The lowest BCUT2D eigenvalue weighted by atomic mass is 9.94. The summed E-state index contributed by atoms with van der Waals surface area (Å²) in [5.74, 6) is -1.78. The highest BCUT2D eigenvalue weighted by molar-refractivity contribution is 5.94. The summed E-state index contributed by atoms with van der Waals surface area (Å²) in [7, 11) is 0. The van der Waals surface area contributed by atoms with E-state index in [2.05, 4.69) is 17.6 Å². The number of alkyl carbamates (subject to hydrolysis) is 1. The van der Waals surface area contributed by atoms with Crippen LogP contribution in [0.1, 0.15) is 110 Å². The van der Waals surface area contributed by atoms with Gasteiger partial charge in [-0.1, -0.05) is 87.7 Å². The number of aryl methyl sites for hydroxylation is 2. The minimum Gasteiger partial charge on any atom is -0.458 e. The minimum atomic E-state index is -1.08.